The number of methoxy groups -OCH3 is 1. The molecule has 2 N–H and O–H groups in total. The van der Waals surface area contributed by atoms with E-state index < -0.39 is 5.25 Å². The number of carbonyl (C=O) groups is 3. The lowest BCUT2D eigenvalue weighted by molar-refractivity contribution is -0.121. The van der Waals surface area contributed by atoms with E-state index in [9.17, 15) is 14.4 Å². The van der Waals surface area contributed by atoms with E-state index in [4.69, 9.17) is 4.74 Å². The van der Waals surface area contributed by atoms with Gasteiger partial charge < -0.3 is 20.3 Å². The third-order valence-corrected chi connectivity index (χ3v) is 5.71. The molecule has 0 radical (unpaired) electrons. The van der Waals surface area contributed by atoms with Crippen molar-refractivity contribution < 1.29 is 19.1 Å². The van der Waals surface area contributed by atoms with Crippen LogP contribution in [0.5, 0.6) is 0 Å². The number of amides is 3. The number of nitrogens with zero attached hydrogens (tertiary/aromatic N) is 2. The molecule has 3 amide bonds. The average Bonchev–Trinajstić information content (AvgIpc) is 3.33. The van der Waals surface area contributed by atoms with Gasteiger partial charge in [-0.15, -0.1) is 0 Å². The molecule has 0 aliphatic carbocycles. The number of carbonyl (C=O) groups excluding carboxylic acids is 3. The highest BCUT2D eigenvalue weighted by Gasteiger charge is 2.33. The highest BCUT2D eigenvalue weighted by Crippen LogP contribution is 2.29. The molecule has 2 aliphatic rings. The van der Waals surface area contributed by atoms with Crippen molar-refractivity contribution in [3.63, 3.8) is 0 Å². The first-order valence-electron chi connectivity index (χ1n) is 9.28. The number of hydrogen-bond acceptors (Lipinski definition) is 6. The Morgan fingerprint density at radius 2 is 1.96 bits per heavy atom. The number of benzene rings is 1. The molecule has 1 aromatic carbocycles. The molecule has 9 heteroatoms. The van der Waals surface area contributed by atoms with Crippen molar-refractivity contribution in [1.82, 2.24) is 10.2 Å². The van der Waals surface area contributed by atoms with Crippen molar-refractivity contribution >= 4 is 40.3 Å². The normalized spacial score (nSPS) is 18.9. The zero-order valence-electron chi connectivity index (χ0n) is 15.8. The first-order chi connectivity index (χ1) is 13.6. The molecular formula is C19H24N4O4S. The summed E-state index contributed by atoms with van der Waals surface area (Å²) in [6, 6.07) is 6.61. The summed E-state index contributed by atoms with van der Waals surface area (Å²) in [6.07, 6.45) is 2.29. The van der Waals surface area contributed by atoms with Gasteiger partial charge in [-0.3, -0.25) is 14.4 Å². The molecule has 3 rings (SSSR count). The summed E-state index contributed by atoms with van der Waals surface area (Å²) in [4.78, 5) is 42.6. The number of ether oxygens (including phenoxy) is 1. The van der Waals surface area contributed by atoms with Gasteiger partial charge in [-0.2, -0.15) is 4.99 Å². The molecule has 28 heavy (non-hydrogen) atoms. The van der Waals surface area contributed by atoms with Crippen LogP contribution in [0.4, 0.5) is 5.69 Å². The van der Waals surface area contributed by atoms with Gasteiger partial charge in [-0.1, -0.05) is 11.8 Å². The highest BCUT2D eigenvalue weighted by atomic mass is 32.2. The van der Waals surface area contributed by atoms with E-state index in [1.807, 2.05) is 0 Å². The van der Waals surface area contributed by atoms with E-state index in [1.54, 1.807) is 31.4 Å². The number of anilines is 1. The Bertz CT molecular complexity index is 760. The molecule has 1 atom stereocenters. The number of thioether (sulfide) groups is 1. The molecule has 8 nitrogen and oxygen atoms in total. The van der Waals surface area contributed by atoms with Gasteiger partial charge in [0.2, 0.25) is 5.91 Å². The van der Waals surface area contributed by atoms with Crippen molar-refractivity contribution in [3.8, 4) is 0 Å². The third-order valence-electron chi connectivity index (χ3n) is 4.50. The Morgan fingerprint density at radius 3 is 2.64 bits per heavy atom. The second-order valence-electron chi connectivity index (χ2n) is 6.61. The maximum absolute atomic E-state index is 12.3. The summed E-state index contributed by atoms with van der Waals surface area (Å²) in [5, 5.41) is 5.77. The van der Waals surface area contributed by atoms with Gasteiger partial charge in [0.15, 0.2) is 5.17 Å². The van der Waals surface area contributed by atoms with Crippen molar-refractivity contribution in [2.24, 2.45) is 4.99 Å². The number of hydrogen-bond donors (Lipinski definition) is 2. The van der Waals surface area contributed by atoms with E-state index >= 15 is 0 Å². The van der Waals surface area contributed by atoms with Crippen LogP contribution in [0.15, 0.2) is 29.3 Å². The van der Waals surface area contributed by atoms with Crippen LogP contribution in [0.3, 0.4) is 0 Å². The summed E-state index contributed by atoms with van der Waals surface area (Å²) in [5.41, 5.74) is 1.08. The maximum atomic E-state index is 12.3. The zero-order chi connectivity index (χ0) is 19.9. The number of likely N-dealkylation sites (tertiary alicyclic amines) is 1. The smallest absolute Gasteiger partial charge is 0.262 e. The monoisotopic (exact) mass is 404 g/mol. The molecule has 2 aliphatic heterocycles. The summed E-state index contributed by atoms with van der Waals surface area (Å²) < 4.78 is 4.89. The van der Waals surface area contributed by atoms with Crippen LogP contribution in [0.1, 0.15) is 29.6 Å². The van der Waals surface area contributed by atoms with Crippen LogP contribution in [0, 0.1) is 0 Å². The lowest BCUT2D eigenvalue weighted by Gasteiger charge is -2.16. The predicted octanol–water partition coefficient (Wildman–Crippen LogP) is 1.49. The van der Waals surface area contributed by atoms with Gasteiger partial charge in [0.25, 0.3) is 11.8 Å². The third kappa shape index (κ3) is 5.32. The molecule has 150 valence electrons. The fourth-order valence-electron chi connectivity index (χ4n) is 3.01. The van der Waals surface area contributed by atoms with Crippen LogP contribution in [-0.2, 0) is 14.3 Å². The molecule has 0 spiro atoms. The zero-order valence-corrected chi connectivity index (χ0v) is 16.6. The van der Waals surface area contributed by atoms with E-state index in [0.717, 1.165) is 31.1 Å². The minimum atomic E-state index is -0.471. The van der Waals surface area contributed by atoms with Crippen LogP contribution < -0.4 is 10.6 Å². The molecule has 2 heterocycles. The molecule has 1 aromatic rings. The number of aliphatic imine (C=N–C) groups is 1. The summed E-state index contributed by atoms with van der Waals surface area (Å²) >= 11 is 1.37. The fourth-order valence-corrected chi connectivity index (χ4v) is 4.12. The van der Waals surface area contributed by atoms with Crippen molar-refractivity contribution in [2.45, 2.75) is 24.5 Å². The molecule has 0 unspecified atom stereocenters. The topological polar surface area (TPSA) is 100 Å². The van der Waals surface area contributed by atoms with Crippen molar-refractivity contribution in [3.05, 3.63) is 29.8 Å². The van der Waals surface area contributed by atoms with Gasteiger partial charge in [0.1, 0.15) is 5.25 Å². The molecular weight excluding hydrogens is 380 g/mol. The largest absolute Gasteiger partial charge is 0.383 e. The standard InChI is InChI=1S/C19H24N4O4S/c1-27-11-8-20-17(25)13-4-6-14(7-5-13)21-16(24)12-15-18(26)22-19(28-15)23-9-2-3-10-23/h4-7,15H,2-3,8-12H2,1H3,(H,20,25)(H,21,24)/t15-/m0/s1. The van der Waals surface area contributed by atoms with Crippen LogP contribution >= 0.6 is 11.8 Å². The van der Waals surface area contributed by atoms with E-state index in [2.05, 4.69) is 20.5 Å². The fraction of sp³-hybridized carbons (Fsp3) is 0.474. The lowest BCUT2D eigenvalue weighted by Crippen LogP contribution is -2.27. The molecule has 1 saturated heterocycles. The summed E-state index contributed by atoms with van der Waals surface area (Å²) in [6.45, 7) is 2.72. The first-order valence-corrected chi connectivity index (χ1v) is 10.2. The molecule has 0 bridgehead atoms. The lowest BCUT2D eigenvalue weighted by atomic mass is 10.2. The SMILES string of the molecule is COCCNC(=O)c1ccc(NC(=O)C[C@@H]2SC(N3CCCC3)=NC2=O)cc1. The van der Waals surface area contributed by atoms with Gasteiger partial charge >= 0.3 is 0 Å². The average molecular weight is 404 g/mol. The maximum Gasteiger partial charge on any atom is 0.262 e. The number of rotatable bonds is 7. The van der Waals surface area contributed by atoms with Gasteiger partial charge in [0, 0.05) is 44.4 Å². The highest BCUT2D eigenvalue weighted by molar-refractivity contribution is 8.15. The van der Waals surface area contributed by atoms with E-state index in [1.165, 1.54) is 11.8 Å². The van der Waals surface area contributed by atoms with Gasteiger partial charge in [-0.25, -0.2) is 0 Å². The molecule has 1 fully saturated rings. The van der Waals surface area contributed by atoms with Crippen molar-refractivity contribution in [2.75, 3.05) is 38.7 Å². The van der Waals surface area contributed by atoms with Gasteiger partial charge in [0.05, 0.1) is 6.61 Å². The van der Waals surface area contributed by atoms with Crippen LogP contribution in [-0.4, -0.2) is 66.4 Å². The predicted molar refractivity (Wildman–Crippen MR) is 109 cm³/mol. The summed E-state index contributed by atoms with van der Waals surface area (Å²) in [7, 11) is 1.57. The Balaban J connectivity index is 1.47. The van der Waals surface area contributed by atoms with Crippen LogP contribution in [0.2, 0.25) is 0 Å². The van der Waals surface area contributed by atoms with E-state index in [0.29, 0.717) is 24.4 Å². The Kier molecular flexibility index (Phi) is 7.05. The molecule has 0 aromatic heterocycles. The van der Waals surface area contributed by atoms with Crippen molar-refractivity contribution in [1.29, 1.82) is 0 Å². The molecule has 0 saturated carbocycles. The number of nitrogens with one attached hydrogen (secondary N) is 2. The Labute approximate surface area is 168 Å². The second kappa shape index (κ2) is 9.70. The minimum Gasteiger partial charge on any atom is -0.383 e. The second-order valence-corrected chi connectivity index (χ2v) is 7.78. The van der Waals surface area contributed by atoms with Gasteiger partial charge in [-0.05, 0) is 37.1 Å². The van der Waals surface area contributed by atoms with E-state index in [-0.39, 0.29) is 24.1 Å². The first kappa shape index (κ1) is 20.3. The summed E-state index contributed by atoms with van der Waals surface area (Å²) in [5.74, 6) is -0.694. The Morgan fingerprint density at radius 1 is 1.25 bits per heavy atom. The number of amidine groups is 1. The quantitative estimate of drug-likeness (QED) is 0.668. The van der Waals surface area contributed by atoms with Crippen LogP contribution in [0.25, 0.3) is 0 Å². The minimum absolute atomic E-state index is 0.0730. The Hall–Kier alpha value is -2.39.